The second kappa shape index (κ2) is 12.2. The molecule has 1 aromatic carbocycles. The van der Waals surface area contributed by atoms with Crippen molar-refractivity contribution < 1.29 is 0 Å². The molecule has 6 nitrogen and oxygen atoms in total. The molecule has 29 heavy (non-hydrogen) atoms. The van der Waals surface area contributed by atoms with Gasteiger partial charge in [-0.2, -0.15) is 0 Å². The fourth-order valence-electron chi connectivity index (χ4n) is 3.24. The van der Waals surface area contributed by atoms with Gasteiger partial charge < -0.3 is 20.4 Å². The number of hydrogen-bond acceptors (Lipinski definition) is 4. The van der Waals surface area contributed by atoms with E-state index >= 15 is 0 Å². The molecule has 3 rings (SSSR count). The SMILES string of the molecule is CCN1CCN(c2ccc(CNC(=NC)NCc3cccc(Cl)c3)cn2)CC1.I. The minimum absolute atomic E-state index is 0. The first-order chi connectivity index (χ1) is 13.7. The zero-order valence-corrected chi connectivity index (χ0v) is 20.2. The van der Waals surface area contributed by atoms with Gasteiger partial charge in [-0.05, 0) is 35.9 Å². The Kier molecular flexibility index (Phi) is 9.96. The zero-order valence-electron chi connectivity index (χ0n) is 17.1. The molecule has 0 atom stereocenters. The molecule has 1 aliphatic rings. The second-order valence-corrected chi connectivity index (χ2v) is 7.29. The van der Waals surface area contributed by atoms with Crippen LogP contribution < -0.4 is 15.5 Å². The smallest absolute Gasteiger partial charge is 0.191 e. The number of benzene rings is 1. The largest absolute Gasteiger partial charge is 0.354 e. The molecule has 1 aliphatic heterocycles. The van der Waals surface area contributed by atoms with E-state index < -0.39 is 0 Å². The highest BCUT2D eigenvalue weighted by Gasteiger charge is 2.16. The van der Waals surface area contributed by atoms with Crippen molar-refractivity contribution in [1.82, 2.24) is 20.5 Å². The van der Waals surface area contributed by atoms with Crippen molar-refractivity contribution in [2.24, 2.45) is 4.99 Å². The van der Waals surface area contributed by atoms with Gasteiger partial charge in [-0.25, -0.2) is 4.98 Å². The standard InChI is InChI=1S/C21H29ClN6.HI/c1-3-27-9-11-28(12-10-27)20-8-7-18(15-24-20)16-26-21(23-2)25-14-17-5-4-6-19(22)13-17;/h4-8,13,15H,3,9-12,14,16H2,1-2H3,(H2,23,25,26);1H. The maximum atomic E-state index is 6.03. The molecule has 0 radical (unpaired) electrons. The lowest BCUT2D eigenvalue weighted by Gasteiger charge is -2.34. The molecule has 2 heterocycles. The highest BCUT2D eigenvalue weighted by atomic mass is 127. The summed E-state index contributed by atoms with van der Waals surface area (Å²) in [6, 6.07) is 12.1. The van der Waals surface area contributed by atoms with Gasteiger partial charge in [0.15, 0.2) is 5.96 Å². The minimum atomic E-state index is 0. The van der Waals surface area contributed by atoms with Crippen molar-refractivity contribution in [2.45, 2.75) is 20.0 Å². The van der Waals surface area contributed by atoms with Gasteiger partial charge in [-0.3, -0.25) is 4.99 Å². The van der Waals surface area contributed by atoms with Gasteiger partial charge >= 0.3 is 0 Å². The molecule has 0 bridgehead atoms. The number of anilines is 1. The normalized spacial score (nSPS) is 15.0. The number of likely N-dealkylation sites (N-methyl/N-ethyl adjacent to an activating group) is 1. The predicted molar refractivity (Wildman–Crippen MR) is 132 cm³/mol. The average Bonchev–Trinajstić information content (AvgIpc) is 2.74. The molecular weight excluding hydrogens is 499 g/mol. The van der Waals surface area contributed by atoms with Crippen molar-refractivity contribution in [2.75, 3.05) is 44.7 Å². The fraction of sp³-hybridized carbons (Fsp3) is 0.429. The van der Waals surface area contributed by atoms with Crippen LogP contribution in [0, 0.1) is 0 Å². The molecule has 8 heteroatoms. The van der Waals surface area contributed by atoms with Gasteiger partial charge in [-0.15, -0.1) is 24.0 Å². The summed E-state index contributed by atoms with van der Waals surface area (Å²) in [4.78, 5) is 13.8. The van der Waals surface area contributed by atoms with E-state index in [1.165, 1.54) is 0 Å². The highest BCUT2D eigenvalue weighted by Crippen LogP contribution is 2.14. The Hall–Kier alpha value is -1.58. The predicted octanol–water partition coefficient (Wildman–Crippen LogP) is 3.36. The first-order valence-electron chi connectivity index (χ1n) is 9.79. The maximum Gasteiger partial charge on any atom is 0.191 e. The van der Waals surface area contributed by atoms with Crippen molar-refractivity contribution in [1.29, 1.82) is 0 Å². The van der Waals surface area contributed by atoms with E-state index in [-0.39, 0.29) is 24.0 Å². The van der Waals surface area contributed by atoms with Gasteiger partial charge in [0, 0.05) is 57.5 Å². The van der Waals surface area contributed by atoms with Gasteiger partial charge in [0.1, 0.15) is 5.82 Å². The van der Waals surface area contributed by atoms with Crippen LogP contribution in [0.3, 0.4) is 0 Å². The Morgan fingerprint density at radius 3 is 2.38 bits per heavy atom. The maximum absolute atomic E-state index is 6.03. The molecular formula is C21H30ClIN6. The summed E-state index contributed by atoms with van der Waals surface area (Å²) < 4.78 is 0. The molecule has 158 valence electrons. The van der Waals surface area contributed by atoms with Crippen LogP contribution in [0.15, 0.2) is 47.6 Å². The fourth-order valence-corrected chi connectivity index (χ4v) is 3.45. The lowest BCUT2D eigenvalue weighted by Crippen LogP contribution is -2.46. The van der Waals surface area contributed by atoms with E-state index in [0.29, 0.717) is 13.1 Å². The van der Waals surface area contributed by atoms with Crippen LogP contribution in [0.25, 0.3) is 0 Å². The number of nitrogens with one attached hydrogen (secondary N) is 2. The van der Waals surface area contributed by atoms with E-state index in [2.05, 4.69) is 49.5 Å². The number of guanidine groups is 1. The second-order valence-electron chi connectivity index (χ2n) is 6.86. The van der Waals surface area contributed by atoms with Gasteiger partial charge in [0.25, 0.3) is 0 Å². The van der Waals surface area contributed by atoms with E-state index in [0.717, 1.165) is 60.7 Å². The summed E-state index contributed by atoms with van der Waals surface area (Å²) in [5.74, 6) is 1.81. The van der Waals surface area contributed by atoms with E-state index in [1.807, 2.05) is 30.5 Å². The Labute approximate surface area is 195 Å². The van der Waals surface area contributed by atoms with E-state index in [4.69, 9.17) is 11.6 Å². The Morgan fingerprint density at radius 2 is 1.79 bits per heavy atom. The lowest BCUT2D eigenvalue weighted by molar-refractivity contribution is 0.270. The molecule has 1 saturated heterocycles. The van der Waals surface area contributed by atoms with Gasteiger partial charge in [-0.1, -0.05) is 36.7 Å². The van der Waals surface area contributed by atoms with Crippen molar-refractivity contribution in [3.63, 3.8) is 0 Å². The van der Waals surface area contributed by atoms with Crippen molar-refractivity contribution in [3.05, 3.63) is 58.7 Å². The molecule has 0 spiro atoms. The van der Waals surface area contributed by atoms with Crippen LogP contribution in [-0.4, -0.2) is 55.6 Å². The van der Waals surface area contributed by atoms with Gasteiger partial charge in [0.2, 0.25) is 0 Å². The molecule has 2 aromatic rings. The summed E-state index contributed by atoms with van der Waals surface area (Å²) >= 11 is 6.03. The molecule has 0 saturated carbocycles. The number of aliphatic imine (C=N–C) groups is 1. The number of hydrogen-bond donors (Lipinski definition) is 2. The third-order valence-electron chi connectivity index (χ3n) is 4.99. The number of pyridine rings is 1. The van der Waals surface area contributed by atoms with Crippen molar-refractivity contribution >= 4 is 47.4 Å². The molecule has 0 unspecified atom stereocenters. The molecule has 2 N–H and O–H groups in total. The first-order valence-corrected chi connectivity index (χ1v) is 10.2. The molecule has 0 amide bonds. The summed E-state index contributed by atoms with van der Waals surface area (Å²) in [6.07, 6.45) is 1.94. The van der Waals surface area contributed by atoms with Crippen LogP contribution in [-0.2, 0) is 13.1 Å². The Bertz CT molecular complexity index is 775. The monoisotopic (exact) mass is 528 g/mol. The van der Waals surface area contributed by atoms with E-state index in [9.17, 15) is 0 Å². The quantitative estimate of drug-likeness (QED) is 0.342. The number of halogens is 2. The summed E-state index contributed by atoms with van der Waals surface area (Å²) in [5, 5.41) is 7.37. The Balaban J connectivity index is 0.00000300. The van der Waals surface area contributed by atoms with Crippen LogP contribution in [0.2, 0.25) is 5.02 Å². The number of nitrogens with zero attached hydrogens (tertiary/aromatic N) is 4. The number of rotatable bonds is 6. The van der Waals surface area contributed by atoms with E-state index in [1.54, 1.807) is 7.05 Å². The molecule has 1 aromatic heterocycles. The third kappa shape index (κ3) is 7.31. The topological polar surface area (TPSA) is 55.8 Å². The van der Waals surface area contributed by atoms with Crippen LogP contribution in [0.5, 0.6) is 0 Å². The zero-order chi connectivity index (χ0) is 19.8. The minimum Gasteiger partial charge on any atom is -0.354 e. The van der Waals surface area contributed by atoms with Crippen LogP contribution in [0.1, 0.15) is 18.1 Å². The summed E-state index contributed by atoms with van der Waals surface area (Å²) in [6.45, 7) is 8.97. The van der Waals surface area contributed by atoms with Crippen molar-refractivity contribution in [3.8, 4) is 0 Å². The average molecular weight is 529 g/mol. The van der Waals surface area contributed by atoms with Crippen LogP contribution >= 0.6 is 35.6 Å². The summed E-state index contributed by atoms with van der Waals surface area (Å²) in [5.41, 5.74) is 2.24. The lowest BCUT2D eigenvalue weighted by atomic mass is 10.2. The number of aromatic nitrogens is 1. The highest BCUT2D eigenvalue weighted by molar-refractivity contribution is 14.0. The summed E-state index contributed by atoms with van der Waals surface area (Å²) in [7, 11) is 1.77. The van der Waals surface area contributed by atoms with Gasteiger partial charge in [0.05, 0.1) is 0 Å². The molecule has 1 fully saturated rings. The van der Waals surface area contributed by atoms with Crippen LogP contribution in [0.4, 0.5) is 5.82 Å². The third-order valence-corrected chi connectivity index (χ3v) is 5.22. The molecule has 0 aliphatic carbocycles. The number of piperazine rings is 1. The Morgan fingerprint density at radius 1 is 1.07 bits per heavy atom. The first kappa shape index (κ1) is 23.7.